The first kappa shape index (κ1) is 14.1. The van der Waals surface area contributed by atoms with Crippen molar-refractivity contribution in [2.45, 2.75) is 31.7 Å². The highest BCUT2D eigenvalue weighted by Crippen LogP contribution is 2.38. The van der Waals surface area contributed by atoms with Crippen LogP contribution in [-0.2, 0) is 0 Å². The molecule has 0 radical (unpaired) electrons. The standard InChI is InChI=1S/C14H20N4O3/c15-8-10-3-5-16(6-4-10)14(19)13-7-12(18(20)21)9-17(13)11-1-2-11/h7,9-11H,1-6,8,15H2. The van der Waals surface area contributed by atoms with Crippen LogP contribution in [0.3, 0.4) is 0 Å². The maximum atomic E-state index is 12.6. The summed E-state index contributed by atoms with van der Waals surface area (Å²) < 4.78 is 1.79. The molecule has 0 spiro atoms. The first-order valence-corrected chi connectivity index (χ1v) is 7.45. The summed E-state index contributed by atoms with van der Waals surface area (Å²) in [6.07, 6.45) is 5.29. The van der Waals surface area contributed by atoms with Crippen LogP contribution in [0.1, 0.15) is 42.2 Å². The number of hydrogen-bond donors (Lipinski definition) is 1. The van der Waals surface area contributed by atoms with Crippen LogP contribution in [-0.4, -0.2) is 39.9 Å². The highest BCUT2D eigenvalue weighted by atomic mass is 16.6. The van der Waals surface area contributed by atoms with Gasteiger partial charge in [0.1, 0.15) is 5.69 Å². The molecule has 2 aliphatic rings. The van der Waals surface area contributed by atoms with Crippen molar-refractivity contribution in [3.8, 4) is 0 Å². The number of nitro groups is 1. The molecule has 1 aliphatic carbocycles. The van der Waals surface area contributed by atoms with Crippen molar-refractivity contribution in [2.24, 2.45) is 11.7 Å². The molecule has 1 aromatic rings. The third-order valence-electron chi connectivity index (χ3n) is 4.44. The maximum absolute atomic E-state index is 12.6. The number of piperidine rings is 1. The molecular weight excluding hydrogens is 272 g/mol. The molecule has 0 unspecified atom stereocenters. The van der Waals surface area contributed by atoms with Gasteiger partial charge in [-0.05, 0) is 38.1 Å². The average molecular weight is 292 g/mol. The van der Waals surface area contributed by atoms with E-state index in [-0.39, 0.29) is 17.6 Å². The van der Waals surface area contributed by atoms with Crippen LogP contribution >= 0.6 is 0 Å². The van der Waals surface area contributed by atoms with E-state index in [0.717, 1.165) is 25.7 Å². The summed E-state index contributed by atoms with van der Waals surface area (Å²) in [6.45, 7) is 2.03. The third kappa shape index (κ3) is 2.78. The van der Waals surface area contributed by atoms with Crippen LogP contribution in [0.4, 0.5) is 5.69 Å². The summed E-state index contributed by atoms with van der Waals surface area (Å²) in [7, 11) is 0. The maximum Gasteiger partial charge on any atom is 0.287 e. The fraction of sp³-hybridized carbons (Fsp3) is 0.643. The Hall–Kier alpha value is -1.89. The molecule has 1 saturated carbocycles. The molecule has 1 aliphatic heterocycles. The van der Waals surface area contributed by atoms with Gasteiger partial charge in [0.05, 0.1) is 11.1 Å². The van der Waals surface area contributed by atoms with Gasteiger partial charge in [-0.25, -0.2) is 0 Å². The van der Waals surface area contributed by atoms with Crippen molar-refractivity contribution in [1.82, 2.24) is 9.47 Å². The Kier molecular flexibility index (Phi) is 3.67. The van der Waals surface area contributed by atoms with Gasteiger partial charge >= 0.3 is 0 Å². The van der Waals surface area contributed by atoms with E-state index in [2.05, 4.69) is 0 Å². The van der Waals surface area contributed by atoms with Gasteiger partial charge in [0, 0.05) is 25.2 Å². The Morgan fingerprint density at radius 2 is 2.00 bits per heavy atom. The molecule has 114 valence electrons. The van der Waals surface area contributed by atoms with E-state index in [9.17, 15) is 14.9 Å². The summed E-state index contributed by atoms with van der Waals surface area (Å²) in [5.74, 6) is 0.393. The number of amides is 1. The van der Waals surface area contributed by atoms with Crippen LogP contribution in [0.15, 0.2) is 12.3 Å². The number of aromatic nitrogens is 1. The van der Waals surface area contributed by atoms with E-state index < -0.39 is 4.92 Å². The molecule has 1 saturated heterocycles. The molecule has 7 nitrogen and oxygen atoms in total. The summed E-state index contributed by atoms with van der Waals surface area (Å²) in [5.41, 5.74) is 6.12. The molecule has 0 bridgehead atoms. The molecule has 0 atom stereocenters. The zero-order chi connectivity index (χ0) is 15.0. The molecule has 7 heteroatoms. The second kappa shape index (κ2) is 5.48. The summed E-state index contributed by atoms with van der Waals surface area (Å²) in [5, 5.41) is 10.9. The van der Waals surface area contributed by atoms with E-state index in [4.69, 9.17) is 5.73 Å². The lowest BCUT2D eigenvalue weighted by molar-refractivity contribution is -0.384. The minimum Gasteiger partial charge on any atom is -0.337 e. The highest BCUT2D eigenvalue weighted by molar-refractivity contribution is 5.93. The Bertz CT molecular complexity index is 557. The molecule has 2 fully saturated rings. The number of hydrogen-bond acceptors (Lipinski definition) is 4. The zero-order valence-electron chi connectivity index (χ0n) is 11.9. The van der Waals surface area contributed by atoms with Crippen LogP contribution in [0.5, 0.6) is 0 Å². The van der Waals surface area contributed by atoms with Crippen molar-refractivity contribution >= 4 is 11.6 Å². The number of carbonyl (C=O) groups is 1. The summed E-state index contributed by atoms with van der Waals surface area (Å²) >= 11 is 0. The molecular formula is C14H20N4O3. The minimum atomic E-state index is -0.434. The Morgan fingerprint density at radius 3 is 2.52 bits per heavy atom. The lowest BCUT2D eigenvalue weighted by Crippen LogP contribution is -2.40. The fourth-order valence-corrected chi connectivity index (χ4v) is 2.92. The number of rotatable bonds is 4. The van der Waals surface area contributed by atoms with Crippen molar-refractivity contribution in [2.75, 3.05) is 19.6 Å². The smallest absolute Gasteiger partial charge is 0.287 e. The summed E-state index contributed by atoms with van der Waals surface area (Å²) in [4.78, 5) is 24.9. The molecule has 2 heterocycles. The second-order valence-corrected chi connectivity index (χ2v) is 5.95. The van der Waals surface area contributed by atoms with Gasteiger partial charge < -0.3 is 15.2 Å². The van der Waals surface area contributed by atoms with E-state index in [1.807, 2.05) is 0 Å². The molecule has 0 aromatic carbocycles. The van der Waals surface area contributed by atoms with E-state index in [0.29, 0.717) is 31.2 Å². The fourth-order valence-electron chi connectivity index (χ4n) is 2.92. The molecule has 1 amide bonds. The molecule has 3 rings (SSSR count). The highest BCUT2D eigenvalue weighted by Gasteiger charge is 2.33. The molecule has 21 heavy (non-hydrogen) atoms. The first-order valence-electron chi connectivity index (χ1n) is 7.45. The Balaban J connectivity index is 1.79. The van der Waals surface area contributed by atoms with Gasteiger partial charge in [-0.2, -0.15) is 0 Å². The van der Waals surface area contributed by atoms with Crippen molar-refractivity contribution < 1.29 is 9.72 Å². The topological polar surface area (TPSA) is 94.4 Å². The van der Waals surface area contributed by atoms with Gasteiger partial charge in [0.15, 0.2) is 0 Å². The second-order valence-electron chi connectivity index (χ2n) is 5.95. The lowest BCUT2D eigenvalue weighted by atomic mass is 9.97. The molecule has 2 N–H and O–H groups in total. The quantitative estimate of drug-likeness (QED) is 0.672. The van der Waals surface area contributed by atoms with Gasteiger partial charge in [0.2, 0.25) is 0 Å². The normalized spacial score (nSPS) is 19.8. The van der Waals surface area contributed by atoms with Crippen LogP contribution < -0.4 is 5.73 Å². The third-order valence-corrected chi connectivity index (χ3v) is 4.44. The van der Waals surface area contributed by atoms with Crippen LogP contribution in [0.2, 0.25) is 0 Å². The van der Waals surface area contributed by atoms with E-state index in [1.54, 1.807) is 9.47 Å². The number of nitrogens with zero attached hydrogens (tertiary/aromatic N) is 3. The minimum absolute atomic E-state index is 0.00194. The van der Waals surface area contributed by atoms with Crippen LogP contribution in [0.25, 0.3) is 0 Å². The van der Waals surface area contributed by atoms with Crippen molar-refractivity contribution in [3.63, 3.8) is 0 Å². The lowest BCUT2D eigenvalue weighted by Gasteiger charge is -2.31. The first-order chi connectivity index (χ1) is 10.1. The van der Waals surface area contributed by atoms with Gasteiger partial charge in [-0.1, -0.05) is 0 Å². The monoisotopic (exact) mass is 292 g/mol. The van der Waals surface area contributed by atoms with Crippen molar-refractivity contribution in [1.29, 1.82) is 0 Å². The van der Waals surface area contributed by atoms with Gasteiger partial charge in [0.25, 0.3) is 11.6 Å². The number of likely N-dealkylation sites (tertiary alicyclic amines) is 1. The van der Waals surface area contributed by atoms with Crippen LogP contribution in [0, 0.1) is 16.0 Å². The van der Waals surface area contributed by atoms with Gasteiger partial charge in [-0.15, -0.1) is 0 Å². The van der Waals surface area contributed by atoms with E-state index >= 15 is 0 Å². The number of carbonyl (C=O) groups excluding carboxylic acids is 1. The van der Waals surface area contributed by atoms with Crippen molar-refractivity contribution in [3.05, 3.63) is 28.1 Å². The Morgan fingerprint density at radius 1 is 1.33 bits per heavy atom. The molecule has 1 aromatic heterocycles. The van der Waals surface area contributed by atoms with E-state index in [1.165, 1.54) is 12.3 Å². The largest absolute Gasteiger partial charge is 0.337 e. The average Bonchev–Trinajstić information content (AvgIpc) is 3.25. The predicted molar refractivity (Wildman–Crippen MR) is 77.0 cm³/mol. The SMILES string of the molecule is NCC1CCN(C(=O)c2cc([N+](=O)[O-])cn2C2CC2)CC1. The Labute approximate surface area is 122 Å². The zero-order valence-corrected chi connectivity index (χ0v) is 11.9. The number of nitrogens with two attached hydrogens (primary N) is 1. The summed E-state index contributed by atoms with van der Waals surface area (Å²) in [6, 6.07) is 1.66. The predicted octanol–water partition coefficient (Wildman–Crippen LogP) is 1.54. The van der Waals surface area contributed by atoms with Gasteiger partial charge in [-0.3, -0.25) is 14.9 Å².